The highest BCUT2D eigenvalue weighted by Gasteiger charge is 2.46. The van der Waals surface area contributed by atoms with E-state index in [1.165, 1.54) is 0 Å². The molecule has 2 fully saturated rings. The van der Waals surface area contributed by atoms with Gasteiger partial charge in [-0.25, -0.2) is 0 Å². The molecule has 212 valence electrons. The number of epoxide rings is 1. The van der Waals surface area contributed by atoms with E-state index in [9.17, 15) is 9.90 Å². The molecule has 0 bridgehead atoms. The largest absolute Gasteiger partial charge is 0.460 e. The second-order valence-electron chi connectivity index (χ2n) is 13.3. The second-order valence-corrected chi connectivity index (χ2v) is 18.0. The van der Waals surface area contributed by atoms with Crippen molar-refractivity contribution in [1.82, 2.24) is 0 Å². The van der Waals surface area contributed by atoms with Gasteiger partial charge >= 0.3 is 5.97 Å². The summed E-state index contributed by atoms with van der Waals surface area (Å²) in [6.07, 6.45) is 9.22. The van der Waals surface area contributed by atoms with E-state index < -0.39 is 20.2 Å². The van der Waals surface area contributed by atoms with Crippen molar-refractivity contribution in [2.45, 2.75) is 135 Å². The SMILES string of the molecule is C[C@H]1C/C=C/[C@@H]2OC(C)(C)O[C@H]2/C=C/[C@@H]2O[C@H]2C[C@@H]([C@H](C[C@@H](C)CO)O[Si](C)(C)C(C)(C)C)OC(=O)C1. The Bertz CT molecular complexity index is 831. The molecule has 2 saturated heterocycles. The summed E-state index contributed by atoms with van der Waals surface area (Å²) in [6.45, 7) is 19.0. The van der Waals surface area contributed by atoms with Gasteiger partial charge in [0, 0.05) is 19.4 Å². The molecule has 0 saturated carbocycles. The van der Waals surface area contributed by atoms with E-state index in [4.69, 9.17) is 23.4 Å². The minimum atomic E-state index is -2.16. The van der Waals surface area contributed by atoms with Crippen molar-refractivity contribution in [2.24, 2.45) is 11.8 Å². The number of aliphatic hydroxyl groups excluding tert-OH is 1. The Morgan fingerprint density at radius 3 is 2.38 bits per heavy atom. The first kappa shape index (κ1) is 30.5. The Labute approximate surface area is 225 Å². The number of rotatable bonds is 6. The molecule has 0 aliphatic carbocycles. The van der Waals surface area contributed by atoms with Crippen LogP contribution in [0, 0.1) is 11.8 Å². The van der Waals surface area contributed by atoms with Gasteiger partial charge in [-0.2, -0.15) is 0 Å². The van der Waals surface area contributed by atoms with Crippen molar-refractivity contribution in [2.75, 3.05) is 6.61 Å². The molecule has 0 unspecified atom stereocenters. The van der Waals surface area contributed by atoms with Gasteiger partial charge in [-0.05, 0) is 56.7 Å². The predicted octanol–water partition coefficient (Wildman–Crippen LogP) is 5.53. The van der Waals surface area contributed by atoms with Crippen LogP contribution in [0.1, 0.15) is 74.1 Å². The molecule has 0 spiro atoms. The highest BCUT2D eigenvalue weighted by molar-refractivity contribution is 6.74. The van der Waals surface area contributed by atoms with Crippen LogP contribution in [0.15, 0.2) is 24.3 Å². The van der Waals surface area contributed by atoms with Crippen molar-refractivity contribution in [3.05, 3.63) is 24.3 Å². The normalized spacial score (nSPS) is 36.2. The number of fused-ring (bicyclic) bond motifs is 2. The molecule has 3 aliphatic heterocycles. The first-order valence-electron chi connectivity index (χ1n) is 13.9. The average Bonchev–Trinajstić information content (AvgIpc) is 3.43. The van der Waals surface area contributed by atoms with E-state index in [1.807, 2.05) is 39.0 Å². The number of carbonyl (C=O) groups excluding carboxylic acids is 1. The van der Waals surface area contributed by atoms with Crippen LogP contribution in [0.2, 0.25) is 18.1 Å². The van der Waals surface area contributed by atoms with Crippen LogP contribution in [0.3, 0.4) is 0 Å². The summed E-state index contributed by atoms with van der Waals surface area (Å²) < 4.78 is 31.2. The van der Waals surface area contributed by atoms with Crippen LogP contribution in [0.4, 0.5) is 0 Å². The fourth-order valence-electron chi connectivity index (χ4n) is 4.69. The lowest BCUT2D eigenvalue weighted by molar-refractivity contribution is -0.157. The van der Waals surface area contributed by atoms with E-state index in [0.717, 1.165) is 6.42 Å². The summed E-state index contributed by atoms with van der Waals surface area (Å²) >= 11 is 0. The number of allylic oxidation sites excluding steroid dienone is 1. The third kappa shape index (κ3) is 8.73. The third-order valence-electron chi connectivity index (χ3n) is 8.02. The zero-order valence-corrected chi connectivity index (χ0v) is 25.4. The lowest BCUT2D eigenvalue weighted by Gasteiger charge is -2.41. The maximum atomic E-state index is 13.1. The smallest absolute Gasteiger partial charge is 0.306 e. The summed E-state index contributed by atoms with van der Waals surface area (Å²) in [5.74, 6) is -0.713. The minimum Gasteiger partial charge on any atom is -0.460 e. The molecule has 0 amide bonds. The Hall–Kier alpha value is -1.03. The predicted molar refractivity (Wildman–Crippen MR) is 147 cm³/mol. The first-order chi connectivity index (χ1) is 17.1. The van der Waals surface area contributed by atoms with E-state index in [1.54, 1.807) is 0 Å². The molecular weight excluding hydrogens is 488 g/mol. The van der Waals surface area contributed by atoms with Crippen LogP contribution >= 0.6 is 0 Å². The Morgan fingerprint density at radius 2 is 1.76 bits per heavy atom. The molecule has 8 atom stereocenters. The van der Waals surface area contributed by atoms with Gasteiger partial charge in [0.1, 0.15) is 24.4 Å². The molecule has 1 N–H and O–H groups in total. The van der Waals surface area contributed by atoms with Gasteiger partial charge in [-0.1, -0.05) is 58.9 Å². The highest BCUT2D eigenvalue weighted by Crippen LogP contribution is 2.40. The highest BCUT2D eigenvalue weighted by atomic mass is 28.4. The molecule has 7 nitrogen and oxygen atoms in total. The Kier molecular flexibility index (Phi) is 9.90. The van der Waals surface area contributed by atoms with Gasteiger partial charge in [0.15, 0.2) is 14.1 Å². The fraction of sp³-hybridized carbons (Fsp3) is 0.828. The van der Waals surface area contributed by atoms with Gasteiger partial charge < -0.3 is 28.5 Å². The van der Waals surface area contributed by atoms with Crippen LogP contribution in [-0.2, 0) is 28.2 Å². The van der Waals surface area contributed by atoms with E-state index >= 15 is 0 Å². The minimum absolute atomic E-state index is 0.00733. The van der Waals surface area contributed by atoms with Crippen molar-refractivity contribution in [3.8, 4) is 0 Å². The van der Waals surface area contributed by atoms with Crippen LogP contribution in [0.5, 0.6) is 0 Å². The van der Waals surface area contributed by atoms with E-state index in [2.05, 4.69) is 46.9 Å². The second kappa shape index (κ2) is 12.0. The fourth-order valence-corrected chi connectivity index (χ4v) is 6.04. The standard InChI is InChI=1S/C29H50O7Si/c1-19-11-10-12-22-23(35-29(6,7)34-22)14-13-21-24(32-21)17-25(33-27(31)16-19)26(15-20(2)18-30)36-37(8,9)28(3,4)5/h10,12-14,19-26,30H,11,15-18H2,1-9H3/b12-10+,14-13+/t19-,20+,21-,22-,23-,24-,25-,26-/m0/s1. The average molecular weight is 539 g/mol. The van der Waals surface area contributed by atoms with Gasteiger partial charge in [0.25, 0.3) is 0 Å². The maximum absolute atomic E-state index is 13.1. The number of cyclic esters (lactones) is 1. The van der Waals surface area contributed by atoms with Crippen molar-refractivity contribution >= 4 is 14.3 Å². The summed E-state index contributed by atoms with van der Waals surface area (Å²) in [5, 5.41) is 9.83. The topological polar surface area (TPSA) is 86.8 Å². The van der Waals surface area contributed by atoms with Crippen molar-refractivity contribution in [3.63, 3.8) is 0 Å². The quantitative estimate of drug-likeness (QED) is 0.206. The van der Waals surface area contributed by atoms with Crippen LogP contribution in [-0.4, -0.2) is 68.4 Å². The van der Waals surface area contributed by atoms with Crippen LogP contribution < -0.4 is 0 Å². The van der Waals surface area contributed by atoms with Gasteiger partial charge in [0.2, 0.25) is 0 Å². The maximum Gasteiger partial charge on any atom is 0.306 e. The van der Waals surface area contributed by atoms with Crippen LogP contribution in [0.25, 0.3) is 0 Å². The molecule has 3 rings (SSSR count). The summed E-state index contributed by atoms with van der Waals surface area (Å²) in [5.41, 5.74) is 0. The number of hydrogen-bond donors (Lipinski definition) is 1. The lowest BCUT2D eigenvalue weighted by Crippen LogP contribution is -2.49. The number of esters is 1. The molecular formula is C29H50O7Si. The summed E-state index contributed by atoms with van der Waals surface area (Å²) in [7, 11) is -2.16. The zero-order chi connectivity index (χ0) is 27.6. The molecule has 3 heterocycles. The first-order valence-corrected chi connectivity index (χ1v) is 16.9. The van der Waals surface area contributed by atoms with E-state index in [0.29, 0.717) is 19.3 Å². The summed E-state index contributed by atoms with van der Waals surface area (Å²) in [6, 6.07) is 0. The molecule has 0 radical (unpaired) electrons. The Morgan fingerprint density at radius 1 is 1.14 bits per heavy atom. The third-order valence-corrected chi connectivity index (χ3v) is 12.5. The molecule has 3 aliphatic rings. The van der Waals surface area contributed by atoms with Gasteiger partial charge in [-0.15, -0.1) is 0 Å². The number of ether oxygens (including phenoxy) is 4. The van der Waals surface area contributed by atoms with Gasteiger partial charge in [0.05, 0.1) is 12.2 Å². The monoisotopic (exact) mass is 538 g/mol. The van der Waals surface area contributed by atoms with E-state index in [-0.39, 0.29) is 60.0 Å². The number of carbonyl (C=O) groups is 1. The molecule has 0 aromatic carbocycles. The van der Waals surface area contributed by atoms with Gasteiger partial charge in [-0.3, -0.25) is 4.79 Å². The zero-order valence-electron chi connectivity index (χ0n) is 24.4. The molecule has 37 heavy (non-hydrogen) atoms. The number of aliphatic hydroxyl groups is 1. The number of hydrogen-bond acceptors (Lipinski definition) is 7. The Balaban J connectivity index is 1.85. The molecule has 8 heteroatoms. The van der Waals surface area contributed by atoms with Crippen molar-refractivity contribution in [1.29, 1.82) is 0 Å². The summed E-state index contributed by atoms with van der Waals surface area (Å²) in [4.78, 5) is 13.1. The lowest BCUT2D eigenvalue weighted by atomic mass is 9.97. The van der Waals surface area contributed by atoms with Crippen molar-refractivity contribution < 1.29 is 33.3 Å². The molecule has 0 aromatic rings. The molecule has 0 aromatic heterocycles.